The molecule has 1 aliphatic rings. The van der Waals surface area contributed by atoms with Gasteiger partial charge in [-0.25, -0.2) is 0 Å². The Labute approximate surface area is 151 Å². The van der Waals surface area contributed by atoms with Gasteiger partial charge in [-0.15, -0.1) is 0 Å². The van der Waals surface area contributed by atoms with E-state index in [1.165, 1.54) is 11.4 Å². The van der Waals surface area contributed by atoms with Crippen LogP contribution in [0.3, 0.4) is 0 Å². The van der Waals surface area contributed by atoms with E-state index in [0.29, 0.717) is 24.9 Å². The number of rotatable bonds is 5. The number of benzene rings is 1. The highest BCUT2D eigenvalue weighted by Gasteiger charge is 2.33. The number of piperidine rings is 1. The maximum Gasteiger partial charge on any atom is 0.282 e. The summed E-state index contributed by atoms with van der Waals surface area (Å²) in [5.74, 6) is 0.326. The molecule has 0 aliphatic carbocycles. The third-order valence-electron chi connectivity index (χ3n) is 4.67. The molecule has 2 rings (SSSR count). The van der Waals surface area contributed by atoms with Crippen LogP contribution in [-0.2, 0) is 15.0 Å². The maximum absolute atomic E-state index is 12.8. The second-order valence-electron chi connectivity index (χ2n) is 7.34. The highest BCUT2D eigenvalue weighted by molar-refractivity contribution is 7.86. The minimum atomic E-state index is -3.63. The summed E-state index contributed by atoms with van der Waals surface area (Å²) in [6.07, 6.45) is 1.03. The van der Waals surface area contributed by atoms with Crippen molar-refractivity contribution in [3.63, 3.8) is 0 Å². The second-order valence-corrected chi connectivity index (χ2v) is 9.38. The normalized spacial score (nSPS) is 22.2. The van der Waals surface area contributed by atoms with Crippen molar-refractivity contribution in [2.24, 2.45) is 11.8 Å². The lowest BCUT2D eigenvalue weighted by Crippen LogP contribution is -2.49. The van der Waals surface area contributed by atoms with E-state index in [2.05, 4.69) is 19.2 Å². The Morgan fingerprint density at radius 2 is 1.72 bits per heavy atom. The van der Waals surface area contributed by atoms with Crippen molar-refractivity contribution >= 4 is 21.8 Å². The summed E-state index contributed by atoms with van der Waals surface area (Å²) < 4.78 is 28.2. The fourth-order valence-corrected chi connectivity index (χ4v) is 5.03. The molecule has 0 radical (unpaired) electrons. The van der Waals surface area contributed by atoms with Gasteiger partial charge in [0.1, 0.15) is 0 Å². The van der Waals surface area contributed by atoms with Gasteiger partial charge in [0, 0.05) is 25.8 Å². The van der Waals surface area contributed by atoms with E-state index >= 15 is 0 Å². The fourth-order valence-electron chi connectivity index (χ4n) is 3.47. The molecule has 7 heteroatoms. The molecule has 1 aromatic rings. The summed E-state index contributed by atoms with van der Waals surface area (Å²) in [6.45, 7) is 8.78. The number of likely N-dealkylation sites (N-methyl/N-ethyl adjacent to an activating group) is 1. The van der Waals surface area contributed by atoms with Gasteiger partial charge < -0.3 is 5.32 Å². The third-order valence-corrected chi connectivity index (χ3v) is 6.53. The third kappa shape index (κ3) is 4.80. The number of para-hydroxylation sites is 1. The first-order valence-electron chi connectivity index (χ1n) is 8.68. The molecule has 140 valence electrons. The Kier molecular flexibility index (Phi) is 6.24. The van der Waals surface area contributed by atoms with Crippen LogP contribution in [0.25, 0.3) is 0 Å². The molecular weight excluding hydrogens is 338 g/mol. The number of nitrogens with one attached hydrogen (secondary N) is 1. The molecule has 2 unspecified atom stereocenters. The number of amides is 1. The quantitative estimate of drug-likeness (QED) is 0.869. The molecule has 6 nitrogen and oxygen atoms in total. The molecular formula is C18H29N3O3S. The van der Waals surface area contributed by atoms with Crippen molar-refractivity contribution in [2.75, 3.05) is 32.0 Å². The highest BCUT2D eigenvalue weighted by atomic mass is 32.2. The number of anilines is 1. The molecule has 0 saturated carbocycles. The van der Waals surface area contributed by atoms with E-state index in [9.17, 15) is 13.2 Å². The molecule has 2 atom stereocenters. The van der Waals surface area contributed by atoms with Crippen LogP contribution in [0.4, 0.5) is 5.69 Å². The topological polar surface area (TPSA) is 69.7 Å². The molecule has 0 aromatic heterocycles. The molecule has 1 amide bonds. The van der Waals surface area contributed by atoms with E-state index < -0.39 is 10.2 Å². The van der Waals surface area contributed by atoms with E-state index in [0.717, 1.165) is 27.5 Å². The van der Waals surface area contributed by atoms with Crippen molar-refractivity contribution in [1.29, 1.82) is 0 Å². The number of nitrogens with zero attached hydrogens (tertiary/aromatic N) is 2. The molecule has 0 bridgehead atoms. The summed E-state index contributed by atoms with van der Waals surface area (Å²) in [5, 5.41) is 2.84. The molecule has 1 heterocycles. The number of aryl methyl sites for hydroxylation is 2. The second kappa shape index (κ2) is 7.85. The minimum absolute atomic E-state index is 0.199. The molecule has 1 aliphatic heterocycles. The van der Waals surface area contributed by atoms with Gasteiger partial charge in [0.2, 0.25) is 5.91 Å². The number of carbonyl (C=O) groups excluding carboxylic acids is 1. The lowest BCUT2D eigenvalue weighted by molar-refractivity contribution is -0.116. The Morgan fingerprint density at radius 3 is 2.24 bits per heavy atom. The molecule has 1 N–H and O–H groups in total. The van der Waals surface area contributed by atoms with Gasteiger partial charge in [0.05, 0.1) is 6.54 Å². The highest BCUT2D eigenvalue weighted by Crippen LogP contribution is 2.24. The summed E-state index contributed by atoms with van der Waals surface area (Å²) in [7, 11) is -2.17. The van der Waals surface area contributed by atoms with E-state index in [-0.39, 0.29) is 12.5 Å². The fraction of sp³-hybridized carbons (Fsp3) is 0.611. The number of carbonyl (C=O) groups is 1. The van der Waals surface area contributed by atoms with Crippen molar-refractivity contribution in [2.45, 2.75) is 34.1 Å². The van der Waals surface area contributed by atoms with Gasteiger partial charge in [0.25, 0.3) is 10.2 Å². The van der Waals surface area contributed by atoms with Crippen molar-refractivity contribution in [1.82, 2.24) is 8.61 Å². The Hall–Kier alpha value is -1.44. The SMILES string of the molecule is Cc1cccc(C)c1NC(=O)CN(C)S(=O)(=O)N1CC(C)CC(C)C1. The Balaban J connectivity index is 2.05. The predicted octanol–water partition coefficient (Wildman–Crippen LogP) is 2.40. The first-order valence-corrected chi connectivity index (χ1v) is 10.1. The van der Waals surface area contributed by atoms with Crippen LogP contribution >= 0.6 is 0 Å². The van der Waals surface area contributed by atoms with Gasteiger partial charge in [0.15, 0.2) is 0 Å². The van der Waals surface area contributed by atoms with Crippen molar-refractivity contribution in [3.05, 3.63) is 29.3 Å². The average Bonchev–Trinajstić information content (AvgIpc) is 2.50. The van der Waals surface area contributed by atoms with Gasteiger partial charge in [-0.3, -0.25) is 4.79 Å². The van der Waals surface area contributed by atoms with Gasteiger partial charge in [-0.05, 0) is 43.2 Å². The van der Waals surface area contributed by atoms with Gasteiger partial charge in [-0.2, -0.15) is 17.0 Å². The number of hydrogen-bond donors (Lipinski definition) is 1. The van der Waals surface area contributed by atoms with Crippen molar-refractivity contribution < 1.29 is 13.2 Å². The van der Waals surface area contributed by atoms with Crippen LogP contribution in [0.15, 0.2) is 18.2 Å². The molecule has 1 fully saturated rings. The van der Waals surface area contributed by atoms with Crippen molar-refractivity contribution in [3.8, 4) is 0 Å². The van der Waals surface area contributed by atoms with Crippen LogP contribution in [0, 0.1) is 25.7 Å². The van der Waals surface area contributed by atoms with Crippen LogP contribution < -0.4 is 5.32 Å². The monoisotopic (exact) mass is 367 g/mol. The van der Waals surface area contributed by atoms with Crippen LogP contribution in [0.2, 0.25) is 0 Å². The van der Waals surface area contributed by atoms with E-state index in [1.807, 2.05) is 32.0 Å². The lowest BCUT2D eigenvalue weighted by Gasteiger charge is -2.36. The van der Waals surface area contributed by atoms with Gasteiger partial charge in [-0.1, -0.05) is 32.0 Å². The first-order chi connectivity index (χ1) is 11.6. The van der Waals surface area contributed by atoms with Crippen LogP contribution in [0.5, 0.6) is 0 Å². The molecule has 25 heavy (non-hydrogen) atoms. The molecule has 1 saturated heterocycles. The largest absolute Gasteiger partial charge is 0.324 e. The van der Waals surface area contributed by atoms with Crippen LogP contribution in [0.1, 0.15) is 31.4 Å². The summed E-state index contributed by atoms with van der Waals surface area (Å²) in [5.41, 5.74) is 2.66. The van der Waals surface area contributed by atoms with E-state index in [4.69, 9.17) is 0 Å². The van der Waals surface area contributed by atoms with Crippen LogP contribution in [-0.4, -0.2) is 49.6 Å². The smallest absolute Gasteiger partial charge is 0.282 e. The lowest BCUT2D eigenvalue weighted by atomic mass is 9.94. The zero-order valence-corrected chi connectivity index (χ0v) is 16.6. The Morgan fingerprint density at radius 1 is 1.20 bits per heavy atom. The molecule has 1 aromatic carbocycles. The zero-order chi connectivity index (χ0) is 18.8. The first kappa shape index (κ1) is 19.9. The average molecular weight is 368 g/mol. The Bertz CT molecular complexity index is 703. The predicted molar refractivity (Wildman–Crippen MR) is 101 cm³/mol. The maximum atomic E-state index is 12.8. The number of hydrogen-bond acceptors (Lipinski definition) is 3. The van der Waals surface area contributed by atoms with Gasteiger partial charge >= 0.3 is 0 Å². The minimum Gasteiger partial charge on any atom is -0.324 e. The zero-order valence-electron chi connectivity index (χ0n) is 15.7. The summed E-state index contributed by atoms with van der Waals surface area (Å²) in [4.78, 5) is 12.3. The summed E-state index contributed by atoms with van der Waals surface area (Å²) in [6, 6.07) is 5.76. The molecule has 0 spiro atoms. The summed E-state index contributed by atoms with van der Waals surface area (Å²) >= 11 is 0. The standard InChI is InChI=1S/C18H29N3O3S/c1-13-9-14(2)11-21(10-13)25(23,24)20(5)12-17(22)19-18-15(3)7-6-8-16(18)4/h6-8,13-14H,9-12H2,1-5H3,(H,19,22). The van der Waals surface area contributed by atoms with E-state index in [1.54, 1.807) is 0 Å².